The third kappa shape index (κ3) is 6.70. The summed E-state index contributed by atoms with van der Waals surface area (Å²) in [6.07, 6.45) is 9.62. The van der Waals surface area contributed by atoms with Crippen molar-refractivity contribution in [2.24, 2.45) is 5.92 Å². The van der Waals surface area contributed by atoms with Crippen molar-refractivity contribution in [2.45, 2.75) is 58.0 Å². The van der Waals surface area contributed by atoms with Gasteiger partial charge in [0.15, 0.2) is 0 Å². The SMILES string of the molecule is COCCCN(Cc1cccn1Cc1cccc(F)c1)C(=O)CCC1CCCC1. The van der Waals surface area contributed by atoms with Crippen molar-refractivity contribution < 1.29 is 13.9 Å². The predicted octanol–water partition coefficient (Wildman–Crippen LogP) is 5.01. The lowest BCUT2D eigenvalue weighted by Gasteiger charge is -2.24. The Labute approximate surface area is 173 Å². The van der Waals surface area contributed by atoms with Gasteiger partial charge < -0.3 is 14.2 Å². The van der Waals surface area contributed by atoms with Crippen LogP contribution in [0.4, 0.5) is 4.39 Å². The number of rotatable bonds is 11. The van der Waals surface area contributed by atoms with E-state index in [-0.39, 0.29) is 11.7 Å². The van der Waals surface area contributed by atoms with E-state index in [0.29, 0.717) is 32.7 Å². The van der Waals surface area contributed by atoms with Crippen LogP contribution >= 0.6 is 0 Å². The fraction of sp³-hybridized carbons (Fsp3) is 0.542. The van der Waals surface area contributed by atoms with E-state index in [1.54, 1.807) is 19.2 Å². The number of hydrogen-bond acceptors (Lipinski definition) is 2. The molecular formula is C24H33FN2O2. The molecule has 1 amide bonds. The average molecular weight is 401 g/mol. The third-order valence-electron chi connectivity index (χ3n) is 5.89. The summed E-state index contributed by atoms with van der Waals surface area (Å²) >= 11 is 0. The number of nitrogens with zero attached hydrogens (tertiary/aromatic N) is 2. The van der Waals surface area contributed by atoms with Gasteiger partial charge in [-0.3, -0.25) is 4.79 Å². The van der Waals surface area contributed by atoms with Gasteiger partial charge in [-0.1, -0.05) is 37.8 Å². The molecule has 0 bridgehead atoms. The van der Waals surface area contributed by atoms with Crippen LogP contribution < -0.4 is 0 Å². The fourth-order valence-electron chi connectivity index (χ4n) is 4.25. The van der Waals surface area contributed by atoms with Crippen molar-refractivity contribution in [1.29, 1.82) is 0 Å². The van der Waals surface area contributed by atoms with Crippen LogP contribution in [0.3, 0.4) is 0 Å². The minimum Gasteiger partial charge on any atom is -0.385 e. The minimum absolute atomic E-state index is 0.223. The van der Waals surface area contributed by atoms with Crippen LogP contribution in [0.5, 0.6) is 0 Å². The molecular weight excluding hydrogens is 367 g/mol. The van der Waals surface area contributed by atoms with Crippen molar-refractivity contribution in [3.05, 3.63) is 59.7 Å². The first-order valence-electron chi connectivity index (χ1n) is 10.8. The van der Waals surface area contributed by atoms with E-state index >= 15 is 0 Å². The summed E-state index contributed by atoms with van der Waals surface area (Å²) in [7, 11) is 1.69. The van der Waals surface area contributed by atoms with Gasteiger partial charge in [0.1, 0.15) is 5.82 Å². The summed E-state index contributed by atoms with van der Waals surface area (Å²) in [5.41, 5.74) is 1.99. The Hall–Kier alpha value is -2.14. The number of carbonyl (C=O) groups is 1. The number of benzene rings is 1. The van der Waals surface area contributed by atoms with Gasteiger partial charge in [-0.25, -0.2) is 4.39 Å². The zero-order valence-electron chi connectivity index (χ0n) is 17.5. The van der Waals surface area contributed by atoms with E-state index in [0.717, 1.165) is 30.0 Å². The lowest BCUT2D eigenvalue weighted by atomic mass is 10.0. The fourth-order valence-corrected chi connectivity index (χ4v) is 4.25. The first-order valence-corrected chi connectivity index (χ1v) is 10.8. The molecule has 1 fully saturated rings. The molecule has 29 heavy (non-hydrogen) atoms. The number of carbonyl (C=O) groups excluding carboxylic acids is 1. The summed E-state index contributed by atoms with van der Waals surface area (Å²) in [5, 5.41) is 0. The largest absolute Gasteiger partial charge is 0.385 e. The Morgan fingerprint density at radius 3 is 2.83 bits per heavy atom. The molecule has 0 radical (unpaired) electrons. The summed E-state index contributed by atoms with van der Waals surface area (Å²) in [5.74, 6) is 0.725. The lowest BCUT2D eigenvalue weighted by Crippen LogP contribution is -2.33. The molecule has 1 aromatic heterocycles. The summed E-state index contributed by atoms with van der Waals surface area (Å²) in [6, 6.07) is 10.7. The van der Waals surface area contributed by atoms with Crippen LogP contribution in [0.2, 0.25) is 0 Å². The van der Waals surface area contributed by atoms with Crippen LogP contribution in [0.25, 0.3) is 0 Å². The molecule has 0 saturated heterocycles. The second-order valence-electron chi connectivity index (χ2n) is 8.11. The minimum atomic E-state index is -0.223. The molecule has 2 aromatic rings. The van der Waals surface area contributed by atoms with Crippen molar-refractivity contribution in [1.82, 2.24) is 9.47 Å². The maximum atomic E-state index is 13.5. The van der Waals surface area contributed by atoms with E-state index < -0.39 is 0 Å². The number of methoxy groups -OCH3 is 1. The van der Waals surface area contributed by atoms with Crippen LogP contribution in [0.15, 0.2) is 42.6 Å². The smallest absolute Gasteiger partial charge is 0.222 e. The van der Waals surface area contributed by atoms with Gasteiger partial charge in [-0.15, -0.1) is 0 Å². The summed E-state index contributed by atoms with van der Waals surface area (Å²) in [6.45, 7) is 2.52. The van der Waals surface area contributed by atoms with Gasteiger partial charge in [0.05, 0.1) is 6.54 Å². The molecule has 0 atom stereocenters. The van der Waals surface area contributed by atoms with E-state index in [1.807, 2.05) is 29.3 Å². The van der Waals surface area contributed by atoms with Gasteiger partial charge in [-0.2, -0.15) is 0 Å². The number of amides is 1. The summed E-state index contributed by atoms with van der Waals surface area (Å²) in [4.78, 5) is 14.9. The summed E-state index contributed by atoms with van der Waals surface area (Å²) < 4.78 is 20.8. The van der Waals surface area contributed by atoms with E-state index in [4.69, 9.17) is 4.74 Å². The monoisotopic (exact) mass is 400 g/mol. The number of ether oxygens (including phenoxy) is 1. The van der Waals surface area contributed by atoms with E-state index in [9.17, 15) is 9.18 Å². The molecule has 1 heterocycles. The Morgan fingerprint density at radius 2 is 2.07 bits per heavy atom. The number of halogens is 1. The van der Waals surface area contributed by atoms with Crippen molar-refractivity contribution in [3.63, 3.8) is 0 Å². The quantitative estimate of drug-likeness (QED) is 0.497. The molecule has 0 unspecified atom stereocenters. The first kappa shape index (κ1) is 21.6. The van der Waals surface area contributed by atoms with Gasteiger partial charge in [-0.05, 0) is 48.6 Å². The Morgan fingerprint density at radius 1 is 1.24 bits per heavy atom. The normalized spacial score (nSPS) is 14.4. The zero-order valence-corrected chi connectivity index (χ0v) is 17.5. The lowest BCUT2D eigenvalue weighted by molar-refractivity contribution is -0.132. The highest BCUT2D eigenvalue weighted by Crippen LogP contribution is 2.28. The maximum Gasteiger partial charge on any atom is 0.222 e. The Balaban J connectivity index is 1.63. The molecule has 1 aliphatic rings. The molecule has 0 N–H and O–H groups in total. The molecule has 0 aliphatic heterocycles. The maximum absolute atomic E-state index is 13.5. The average Bonchev–Trinajstić information content (AvgIpc) is 3.38. The second kappa shape index (κ2) is 11.1. The first-order chi connectivity index (χ1) is 14.2. The zero-order chi connectivity index (χ0) is 20.5. The van der Waals surface area contributed by atoms with Crippen LogP contribution in [0, 0.1) is 11.7 Å². The van der Waals surface area contributed by atoms with E-state index in [2.05, 4.69) is 4.57 Å². The highest BCUT2D eigenvalue weighted by Gasteiger charge is 2.20. The second-order valence-corrected chi connectivity index (χ2v) is 8.11. The molecule has 3 rings (SSSR count). The molecule has 158 valence electrons. The molecule has 4 nitrogen and oxygen atoms in total. The van der Waals surface area contributed by atoms with Gasteiger partial charge in [0.2, 0.25) is 5.91 Å². The predicted molar refractivity (Wildman–Crippen MR) is 113 cm³/mol. The van der Waals surface area contributed by atoms with Gasteiger partial charge in [0, 0.05) is 45.1 Å². The van der Waals surface area contributed by atoms with Crippen LogP contribution in [-0.4, -0.2) is 35.6 Å². The molecule has 5 heteroatoms. The highest BCUT2D eigenvalue weighted by molar-refractivity contribution is 5.76. The van der Waals surface area contributed by atoms with Crippen LogP contribution in [-0.2, 0) is 22.6 Å². The topological polar surface area (TPSA) is 34.5 Å². The molecule has 1 saturated carbocycles. The molecule has 1 aliphatic carbocycles. The van der Waals surface area contributed by atoms with Crippen molar-refractivity contribution in [3.8, 4) is 0 Å². The molecule has 0 spiro atoms. The standard InChI is InChI=1S/C24H33FN2O2/c1-29-16-6-15-27(24(28)13-12-20-7-2-3-8-20)19-23-11-5-14-26(23)18-21-9-4-10-22(25)17-21/h4-5,9-11,14,17,20H,2-3,6-8,12-13,15-16,18-19H2,1H3. The van der Waals surface area contributed by atoms with Crippen LogP contribution in [0.1, 0.15) is 56.2 Å². The number of hydrogen-bond donors (Lipinski definition) is 0. The third-order valence-corrected chi connectivity index (χ3v) is 5.89. The molecule has 1 aromatic carbocycles. The van der Waals surface area contributed by atoms with Crippen molar-refractivity contribution in [2.75, 3.05) is 20.3 Å². The van der Waals surface area contributed by atoms with Gasteiger partial charge >= 0.3 is 0 Å². The van der Waals surface area contributed by atoms with Gasteiger partial charge in [0.25, 0.3) is 0 Å². The Bertz CT molecular complexity index is 768. The number of aromatic nitrogens is 1. The van der Waals surface area contributed by atoms with Crippen molar-refractivity contribution >= 4 is 5.91 Å². The van der Waals surface area contributed by atoms with E-state index in [1.165, 1.54) is 31.7 Å². The highest BCUT2D eigenvalue weighted by atomic mass is 19.1. The Kier molecular flexibility index (Phi) is 8.29.